The number of rotatable bonds is 2. The third-order valence-corrected chi connectivity index (χ3v) is 4.60. The van der Waals surface area contributed by atoms with E-state index in [0.29, 0.717) is 13.1 Å². The fourth-order valence-electron chi connectivity index (χ4n) is 3.37. The molecule has 1 saturated heterocycles. The summed E-state index contributed by atoms with van der Waals surface area (Å²) in [5, 5.41) is 9.57. The normalized spacial score (nSPS) is 34.5. The van der Waals surface area contributed by atoms with E-state index >= 15 is 0 Å². The van der Waals surface area contributed by atoms with Crippen LogP contribution in [0.3, 0.4) is 0 Å². The van der Waals surface area contributed by atoms with Crippen LogP contribution in [0, 0.1) is 10.8 Å². The number of aliphatic hydroxyl groups is 1. The largest absolute Gasteiger partial charge is 0.444 e. The minimum absolute atomic E-state index is 0.0195. The molecule has 110 valence electrons. The highest BCUT2D eigenvalue weighted by Crippen LogP contribution is 2.66. The van der Waals surface area contributed by atoms with Crippen LogP contribution >= 0.6 is 0 Å². The van der Waals surface area contributed by atoms with Crippen molar-refractivity contribution in [2.24, 2.45) is 16.6 Å². The van der Waals surface area contributed by atoms with Crippen molar-refractivity contribution in [2.75, 3.05) is 26.2 Å². The monoisotopic (exact) mass is 270 g/mol. The van der Waals surface area contributed by atoms with E-state index in [1.807, 2.05) is 20.8 Å². The lowest BCUT2D eigenvalue weighted by Crippen LogP contribution is -2.46. The molecule has 0 aromatic rings. The van der Waals surface area contributed by atoms with Gasteiger partial charge in [-0.05, 0) is 45.4 Å². The Morgan fingerprint density at radius 3 is 2.63 bits per heavy atom. The average Bonchev–Trinajstić information content (AvgIpc) is 2.94. The van der Waals surface area contributed by atoms with Crippen molar-refractivity contribution in [1.29, 1.82) is 0 Å². The summed E-state index contributed by atoms with van der Waals surface area (Å²) in [6.07, 6.45) is 2.68. The molecule has 2 aliphatic rings. The zero-order chi connectivity index (χ0) is 14.3. The predicted molar refractivity (Wildman–Crippen MR) is 72.7 cm³/mol. The number of piperidine rings is 1. The second-order valence-electron chi connectivity index (χ2n) is 7.11. The van der Waals surface area contributed by atoms with Crippen LogP contribution in [0.25, 0.3) is 0 Å². The third kappa shape index (κ3) is 2.58. The maximum atomic E-state index is 12.1. The number of hydrogen-bond acceptors (Lipinski definition) is 4. The molecule has 0 aromatic heterocycles. The SMILES string of the molecule is CC(C)(C)OC(=O)N1CCCC2(C1)CC2(CN)CO. The Hall–Kier alpha value is -0.810. The van der Waals surface area contributed by atoms with Crippen molar-refractivity contribution < 1.29 is 14.6 Å². The highest BCUT2D eigenvalue weighted by Gasteiger charge is 2.67. The number of hydrogen-bond donors (Lipinski definition) is 2. The molecule has 5 nitrogen and oxygen atoms in total. The molecule has 1 aliphatic carbocycles. The molecule has 5 heteroatoms. The lowest BCUT2D eigenvalue weighted by atomic mass is 9.86. The summed E-state index contributed by atoms with van der Waals surface area (Å²) in [6.45, 7) is 7.64. The Kier molecular flexibility index (Phi) is 3.56. The zero-order valence-corrected chi connectivity index (χ0v) is 12.2. The van der Waals surface area contributed by atoms with Crippen LogP contribution in [-0.4, -0.2) is 47.9 Å². The molecule has 2 fully saturated rings. The molecule has 0 aromatic carbocycles. The summed E-state index contributed by atoms with van der Waals surface area (Å²) in [5.74, 6) is 0. The van der Waals surface area contributed by atoms with Gasteiger partial charge in [-0.25, -0.2) is 4.79 Å². The van der Waals surface area contributed by atoms with Crippen molar-refractivity contribution in [3.63, 3.8) is 0 Å². The van der Waals surface area contributed by atoms with E-state index < -0.39 is 5.60 Å². The lowest BCUT2D eigenvalue weighted by molar-refractivity contribution is 0.00953. The van der Waals surface area contributed by atoms with E-state index in [0.717, 1.165) is 25.8 Å². The van der Waals surface area contributed by atoms with E-state index in [4.69, 9.17) is 10.5 Å². The Balaban J connectivity index is 2.01. The summed E-state index contributed by atoms with van der Waals surface area (Å²) in [4.78, 5) is 13.9. The summed E-state index contributed by atoms with van der Waals surface area (Å²) in [6, 6.07) is 0. The summed E-state index contributed by atoms with van der Waals surface area (Å²) >= 11 is 0. The smallest absolute Gasteiger partial charge is 0.410 e. The first kappa shape index (κ1) is 14.6. The molecule has 19 heavy (non-hydrogen) atoms. The Morgan fingerprint density at radius 1 is 1.47 bits per heavy atom. The first-order chi connectivity index (χ1) is 8.77. The van der Waals surface area contributed by atoms with Gasteiger partial charge >= 0.3 is 6.09 Å². The van der Waals surface area contributed by atoms with Gasteiger partial charge in [0.1, 0.15) is 5.60 Å². The Bertz CT molecular complexity index is 360. The number of likely N-dealkylation sites (tertiary alicyclic amines) is 1. The van der Waals surface area contributed by atoms with Crippen LogP contribution < -0.4 is 5.73 Å². The minimum atomic E-state index is -0.465. The highest BCUT2D eigenvalue weighted by atomic mass is 16.6. The number of nitrogens with zero attached hydrogens (tertiary/aromatic N) is 1. The molecule has 1 spiro atoms. The van der Waals surface area contributed by atoms with Gasteiger partial charge in [0.05, 0.1) is 6.61 Å². The fraction of sp³-hybridized carbons (Fsp3) is 0.929. The van der Waals surface area contributed by atoms with Crippen LogP contribution in [-0.2, 0) is 4.74 Å². The number of aliphatic hydroxyl groups excluding tert-OH is 1. The Morgan fingerprint density at radius 2 is 2.16 bits per heavy atom. The number of nitrogens with two attached hydrogens (primary N) is 1. The van der Waals surface area contributed by atoms with E-state index in [-0.39, 0.29) is 23.5 Å². The number of amides is 1. The second kappa shape index (κ2) is 4.63. The van der Waals surface area contributed by atoms with Crippen LogP contribution in [0.2, 0.25) is 0 Å². The van der Waals surface area contributed by atoms with Gasteiger partial charge in [0.15, 0.2) is 0 Å². The first-order valence-corrected chi connectivity index (χ1v) is 7.06. The molecular weight excluding hydrogens is 244 g/mol. The van der Waals surface area contributed by atoms with Gasteiger partial charge in [-0.3, -0.25) is 0 Å². The van der Waals surface area contributed by atoms with E-state index in [9.17, 15) is 9.90 Å². The molecule has 1 heterocycles. The van der Waals surface area contributed by atoms with Gasteiger partial charge in [-0.1, -0.05) is 0 Å². The quantitative estimate of drug-likeness (QED) is 0.794. The van der Waals surface area contributed by atoms with Crippen molar-refractivity contribution >= 4 is 6.09 Å². The number of carbonyl (C=O) groups excluding carboxylic acids is 1. The van der Waals surface area contributed by atoms with Crippen molar-refractivity contribution in [3.8, 4) is 0 Å². The second-order valence-corrected chi connectivity index (χ2v) is 7.11. The van der Waals surface area contributed by atoms with Gasteiger partial charge < -0.3 is 20.5 Å². The van der Waals surface area contributed by atoms with Crippen LogP contribution in [0.5, 0.6) is 0 Å². The standard InChI is InChI=1S/C14H26N2O3/c1-12(2,3)19-11(18)16-6-4-5-13(9-16)7-14(13,8-15)10-17/h17H,4-10,15H2,1-3H3. The van der Waals surface area contributed by atoms with Gasteiger partial charge in [0.25, 0.3) is 0 Å². The molecule has 2 unspecified atom stereocenters. The molecule has 2 rings (SSSR count). The number of carbonyl (C=O) groups is 1. The van der Waals surface area contributed by atoms with Crippen LogP contribution in [0.15, 0.2) is 0 Å². The van der Waals surface area contributed by atoms with E-state index in [2.05, 4.69) is 0 Å². The van der Waals surface area contributed by atoms with Gasteiger partial charge in [0, 0.05) is 25.0 Å². The maximum Gasteiger partial charge on any atom is 0.410 e. The highest BCUT2D eigenvalue weighted by molar-refractivity contribution is 5.68. The van der Waals surface area contributed by atoms with Crippen LogP contribution in [0.1, 0.15) is 40.0 Å². The summed E-state index contributed by atoms with van der Waals surface area (Å²) in [7, 11) is 0. The molecule has 3 N–H and O–H groups in total. The molecule has 1 aliphatic heterocycles. The summed E-state index contributed by atoms with van der Waals surface area (Å²) < 4.78 is 5.43. The summed E-state index contributed by atoms with van der Waals surface area (Å²) in [5.41, 5.74) is 5.19. The van der Waals surface area contributed by atoms with Crippen molar-refractivity contribution in [2.45, 2.75) is 45.6 Å². The molecule has 0 bridgehead atoms. The van der Waals surface area contributed by atoms with Gasteiger partial charge in [-0.15, -0.1) is 0 Å². The van der Waals surface area contributed by atoms with E-state index in [1.54, 1.807) is 4.90 Å². The predicted octanol–water partition coefficient (Wildman–Crippen LogP) is 1.34. The Labute approximate surface area is 115 Å². The topological polar surface area (TPSA) is 75.8 Å². The van der Waals surface area contributed by atoms with E-state index in [1.165, 1.54) is 0 Å². The van der Waals surface area contributed by atoms with Crippen LogP contribution in [0.4, 0.5) is 4.79 Å². The maximum absolute atomic E-state index is 12.1. The minimum Gasteiger partial charge on any atom is -0.444 e. The van der Waals surface area contributed by atoms with Crippen molar-refractivity contribution in [3.05, 3.63) is 0 Å². The molecule has 1 saturated carbocycles. The van der Waals surface area contributed by atoms with Gasteiger partial charge in [0.2, 0.25) is 0 Å². The molecular formula is C14H26N2O3. The number of ether oxygens (including phenoxy) is 1. The zero-order valence-electron chi connectivity index (χ0n) is 12.2. The average molecular weight is 270 g/mol. The first-order valence-electron chi connectivity index (χ1n) is 7.06. The lowest BCUT2D eigenvalue weighted by Gasteiger charge is -2.36. The molecule has 2 atom stereocenters. The van der Waals surface area contributed by atoms with Gasteiger partial charge in [-0.2, -0.15) is 0 Å². The molecule has 1 amide bonds. The third-order valence-electron chi connectivity index (χ3n) is 4.60. The molecule has 0 radical (unpaired) electrons. The van der Waals surface area contributed by atoms with Crippen molar-refractivity contribution in [1.82, 2.24) is 4.90 Å². The fourth-order valence-corrected chi connectivity index (χ4v) is 3.37.